The van der Waals surface area contributed by atoms with Crippen LogP contribution in [-0.4, -0.2) is 39.1 Å². The molecule has 1 aliphatic carbocycles. The molecule has 2 aliphatic rings. The highest BCUT2D eigenvalue weighted by atomic mass is 16.5. The van der Waals surface area contributed by atoms with Gasteiger partial charge in [-0.2, -0.15) is 0 Å². The van der Waals surface area contributed by atoms with E-state index in [-0.39, 0.29) is 17.9 Å². The van der Waals surface area contributed by atoms with Gasteiger partial charge in [0.15, 0.2) is 0 Å². The van der Waals surface area contributed by atoms with Crippen molar-refractivity contribution >= 4 is 5.69 Å². The van der Waals surface area contributed by atoms with Crippen LogP contribution in [0.15, 0.2) is 66.5 Å². The summed E-state index contributed by atoms with van der Waals surface area (Å²) in [6, 6.07) is 16.0. The second kappa shape index (κ2) is 7.72. The number of hydrogen-bond donors (Lipinski definition) is 0. The summed E-state index contributed by atoms with van der Waals surface area (Å²) in [5, 5.41) is 0. The van der Waals surface area contributed by atoms with Gasteiger partial charge >= 0.3 is 0 Å². The fourth-order valence-corrected chi connectivity index (χ4v) is 4.33. The molecule has 29 heavy (non-hydrogen) atoms. The monoisotopic (exact) mass is 388 g/mol. The Morgan fingerprint density at radius 2 is 1.72 bits per heavy atom. The number of benzene rings is 2. The van der Waals surface area contributed by atoms with Crippen LogP contribution in [0.25, 0.3) is 0 Å². The Kier molecular flexibility index (Phi) is 5.26. The molecule has 1 aliphatic heterocycles. The van der Waals surface area contributed by atoms with Crippen LogP contribution in [0.4, 0.5) is 5.69 Å². The summed E-state index contributed by atoms with van der Waals surface area (Å²) in [5.74, 6) is 3.05. The first-order valence-electron chi connectivity index (χ1n) is 10.5. The summed E-state index contributed by atoms with van der Waals surface area (Å²) < 4.78 is 6.49. The van der Waals surface area contributed by atoms with Crippen LogP contribution in [0.5, 0.6) is 5.75 Å². The fraction of sp³-hybridized carbons (Fsp3) is 0.385. The van der Waals surface area contributed by atoms with Gasteiger partial charge in [-0.15, -0.1) is 0 Å². The van der Waals surface area contributed by atoms with E-state index in [1.165, 1.54) is 16.7 Å². The van der Waals surface area contributed by atoms with Crippen molar-refractivity contribution in [3.05, 3.63) is 83.1 Å². The number of anilines is 1. The molecule has 0 N–H and O–H groups in total. The lowest BCUT2D eigenvalue weighted by Gasteiger charge is -2.38. The van der Waals surface area contributed by atoms with E-state index in [0.717, 1.165) is 17.2 Å². The topological polar surface area (TPSA) is 15.7 Å². The Morgan fingerprint density at radius 1 is 0.931 bits per heavy atom. The van der Waals surface area contributed by atoms with Crippen LogP contribution >= 0.6 is 0 Å². The molecule has 2 aromatic carbocycles. The molecule has 0 spiro atoms. The molecule has 0 saturated carbocycles. The Balaban J connectivity index is 1.86. The number of hydrogen-bond acceptors (Lipinski definition) is 3. The molecule has 0 fully saturated rings. The van der Waals surface area contributed by atoms with E-state index in [2.05, 4.69) is 113 Å². The van der Waals surface area contributed by atoms with Crippen molar-refractivity contribution in [2.45, 2.75) is 31.7 Å². The van der Waals surface area contributed by atoms with Gasteiger partial charge in [-0.1, -0.05) is 56.3 Å². The average Bonchev–Trinajstić information content (AvgIpc) is 2.71. The summed E-state index contributed by atoms with van der Waals surface area (Å²) in [4.78, 5) is 4.34. The zero-order valence-electron chi connectivity index (χ0n) is 18.4. The molecule has 152 valence electrons. The number of fused-ring (bicyclic) bond motifs is 2. The summed E-state index contributed by atoms with van der Waals surface area (Å²) in [7, 11) is 8.36. The first-order chi connectivity index (χ1) is 13.8. The standard InChI is InChI=1S/C26H32N2O/c1-17(2)18-8-7-9-19(14-18)26-22-12-10-20(27(3)4)15-24(22)29-25-16-21(28(5)6)11-13-23(25)26/h7-17,20,22,26H,1-6H3. The molecule has 3 nitrogen and oxygen atoms in total. The number of likely N-dealkylation sites (N-methyl/N-ethyl adjacent to an activating group) is 1. The van der Waals surface area contributed by atoms with Gasteiger partial charge in [0.2, 0.25) is 0 Å². The number of ether oxygens (including phenoxy) is 1. The van der Waals surface area contributed by atoms with Gasteiger partial charge in [0.25, 0.3) is 0 Å². The van der Waals surface area contributed by atoms with Gasteiger partial charge in [-0.3, -0.25) is 4.90 Å². The number of allylic oxidation sites excluding steroid dienone is 1. The quantitative estimate of drug-likeness (QED) is 0.652. The number of nitrogens with zero attached hydrogens (tertiary/aromatic N) is 2. The lowest BCUT2D eigenvalue weighted by molar-refractivity contribution is 0.300. The van der Waals surface area contributed by atoms with Crippen LogP contribution in [0.1, 0.15) is 42.4 Å². The Labute approximate surface area is 175 Å². The molecule has 3 atom stereocenters. The van der Waals surface area contributed by atoms with Crippen molar-refractivity contribution in [3.8, 4) is 5.75 Å². The molecule has 3 unspecified atom stereocenters. The summed E-state index contributed by atoms with van der Waals surface area (Å²) in [6.45, 7) is 4.52. The third-order valence-electron chi connectivity index (χ3n) is 6.15. The van der Waals surface area contributed by atoms with E-state index >= 15 is 0 Å². The third kappa shape index (κ3) is 3.72. The minimum atomic E-state index is 0.228. The van der Waals surface area contributed by atoms with Crippen molar-refractivity contribution in [2.75, 3.05) is 33.1 Å². The van der Waals surface area contributed by atoms with Crippen molar-refractivity contribution in [2.24, 2.45) is 5.92 Å². The molecule has 0 bridgehead atoms. The van der Waals surface area contributed by atoms with Crippen molar-refractivity contribution < 1.29 is 4.74 Å². The SMILES string of the molecule is CC(C)c1cccc(C2c3ccc(N(C)C)cc3OC3=CC(N(C)C)C=CC32)c1. The highest BCUT2D eigenvalue weighted by Crippen LogP contribution is 2.48. The summed E-state index contributed by atoms with van der Waals surface area (Å²) in [5.41, 5.74) is 5.18. The third-order valence-corrected chi connectivity index (χ3v) is 6.15. The van der Waals surface area contributed by atoms with Crippen LogP contribution < -0.4 is 9.64 Å². The first kappa shape index (κ1) is 19.8. The Bertz CT molecular complexity index is 955. The van der Waals surface area contributed by atoms with Crippen LogP contribution in [-0.2, 0) is 0 Å². The maximum Gasteiger partial charge on any atom is 0.132 e. The predicted molar refractivity (Wildman–Crippen MR) is 122 cm³/mol. The van der Waals surface area contributed by atoms with E-state index < -0.39 is 0 Å². The zero-order valence-corrected chi connectivity index (χ0v) is 18.4. The Morgan fingerprint density at radius 3 is 2.41 bits per heavy atom. The predicted octanol–water partition coefficient (Wildman–Crippen LogP) is 5.40. The van der Waals surface area contributed by atoms with Crippen molar-refractivity contribution in [1.82, 2.24) is 4.90 Å². The summed E-state index contributed by atoms with van der Waals surface area (Å²) in [6.07, 6.45) is 6.92. The van der Waals surface area contributed by atoms with Crippen molar-refractivity contribution in [1.29, 1.82) is 0 Å². The van der Waals surface area contributed by atoms with Gasteiger partial charge in [0.05, 0.1) is 0 Å². The van der Waals surface area contributed by atoms with Gasteiger partial charge in [-0.05, 0) is 43.3 Å². The molecule has 0 radical (unpaired) electrons. The lowest BCUT2D eigenvalue weighted by Crippen LogP contribution is -2.32. The van der Waals surface area contributed by atoms with Gasteiger partial charge in [0, 0.05) is 49.3 Å². The Hall–Kier alpha value is -2.52. The maximum atomic E-state index is 6.49. The maximum absolute atomic E-state index is 6.49. The van der Waals surface area contributed by atoms with E-state index in [4.69, 9.17) is 4.74 Å². The van der Waals surface area contributed by atoms with E-state index in [9.17, 15) is 0 Å². The fourth-order valence-electron chi connectivity index (χ4n) is 4.33. The molecule has 0 saturated heterocycles. The normalized spacial score (nSPS) is 22.8. The minimum absolute atomic E-state index is 0.228. The van der Waals surface area contributed by atoms with Crippen LogP contribution in [0.2, 0.25) is 0 Å². The highest BCUT2D eigenvalue weighted by Gasteiger charge is 2.37. The highest BCUT2D eigenvalue weighted by molar-refractivity contribution is 5.58. The molecule has 2 aromatic rings. The van der Waals surface area contributed by atoms with Gasteiger partial charge in [0.1, 0.15) is 11.5 Å². The molecule has 0 aromatic heterocycles. The van der Waals surface area contributed by atoms with E-state index in [1.807, 2.05) is 0 Å². The van der Waals surface area contributed by atoms with Crippen molar-refractivity contribution in [3.63, 3.8) is 0 Å². The largest absolute Gasteiger partial charge is 0.461 e. The molecule has 0 amide bonds. The van der Waals surface area contributed by atoms with Gasteiger partial charge < -0.3 is 9.64 Å². The number of rotatable bonds is 4. The lowest BCUT2D eigenvalue weighted by atomic mass is 9.75. The van der Waals surface area contributed by atoms with E-state index in [0.29, 0.717) is 5.92 Å². The molecule has 1 heterocycles. The van der Waals surface area contributed by atoms with Gasteiger partial charge in [-0.25, -0.2) is 0 Å². The minimum Gasteiger partial charge on any atom is -0.461 e. The average molecular weight is 389 g/mol. The molecule has 3 heteroatoms. The van der Waals surface area contributed by atoms with E-state index in [1.54, 1.807) is 0 Å². The molecule has 4 rings (SSSR count). The first-order valence-corrected chi connectivity index (χ1v) is 10.5. The smallest absolute Gasteiger partial charge is 0.132 e. The molecular formula is C26H32N2O. The summed E-state index contributed by atoms with van der Waals surface area (Å²) >= 11 is 0. The second-order valence-electron chi connectivity index (χ2n) is 8.96. The second-order valence-corrected chi connectivity index (χ2v) is 8.96. The molecular weight excluding hydrogens is 356 g/mol. The zero-order chi connectivity index (χ0) is 20.7. The van der Waals surface area contributed by atoms with Crippen LogP contribution in [0, 0.1) is 5.92 Å². The van der Waals surface area contributed by atoms with Crippen LogP contribution in [0.3, 0.4) is 0 Å².